The summed E-state index contributed by atoms with van der Waals surface area (Å²) in [6.07, 6.45) is 0. The first-order valence-corrected chi connectivity index (χ1v) is 11.8. The molecule has 1 atom stereocenters. The Bertz CT molecular complexity index is 1030. The fraction of sp³-hybridized carbons (Fsp3) is 0.174. The van der Waals surface area contributed by atoms with E-state index in [4.69, 9.17) is 0 Å². The van der Waals surface area contributed by atoms with Gasteiger partial charge < -0.3 is 4.90 Å². The van der Waals surface area contributed by atoms with Crippen molar-refractivity contribution in [2.75, 3.05) is 0 Å². The van der Waals surface area contributed by atoms with Crippen LogP contribution >= 0.6 is 15.9 Å². The number of hydrogen-bond donors (Lipinski definition) is 1. The van der Waals surface area contributed by atoms with Crippen LogP contribution in [0, 0.1) is 0 Å². The minimum atomic E-state index is -3.82. The average Bonchev–Trinajstić information content (AvgIpc) is 2.74. The summed E-state index contributed by atoms with van der Waals surface area (Å²) in [7, 11) is -3.82. The van der Waals surface area contributed by atoms with Crippen molar-refractivity contribution in [3.8, 4) is 0 Å². The van der Waals surface area contributed by atoms with Crippen LogP contribution in [-0.2, 0) is 27.9 Å². The van der Waals surface area contributed by atoms with Crippen LogP contribution in [0.4, 0.5) is 0 Å². The van der Waals surface area contributed by atoms with Crippen molar-refractivity contribution in [3.63, 3.8) is 0 Å². The molecule has 0 bridgehead atoms. The summed E-state index contributed by atoms with van der Waals surface area (Å²) in [6.45, 7) is 2.35. The summed E-state index contributed by atoms with van der Waals surface area (Å²) in [5.41, 5.74) is 1.95. The second kappa shape index (κ2) is 10.0. The Kier molecular flexibility index (Phi) is 7.42. The molecule has 0 fully saturated rings. The molecule has 1 unspecified atom stereocenters. The maximum atomic E-state index is 13.2. The molecular formula is C23H23BrN2O3S. The highest BCUT2D eigenvalue weighted by molar-refractivity contribution is 9.10. The maximum Gasteiger partial charge on any atom is 0.241 e. The lowest BCUT2D eigenvalue weighted by Gasteiger charge is -2.26. The molecule has 0 saturated heterocycles. The van der Waals surface area contributed by atoms with Gasteiger partial charge in [-0.3, -0.25) is 4.79 Å². The van der Waals surface area contributed by atoms with E-state index in [1.54, 1.807) is 24.0 Å². The summed E-state index contributed by atoms with van der Waals surface area (Å²) >= 11 is 3.29. The van der Waals surface area contributed by atoms with E-state index in [1.165, 1.54) is 12.1 Å². The second-order valence-electron chi connectivity index (χ2n) is 6.96. The molecule has 3 aromatic rings. The Labute approximate surface area is 185 Å². The maximum absolute atomic E-state index is 13.2. The van der Waals surface area contributed by atoms with Crippen molar-refractivity contribution in [1.29, 1.82) is 0 Å². The van der Waals surface area contributed by atoms with Crippen LogP contribution in [0.1, 0.15) is 18.1 Å². The van der Waals surface area contributed by atoms with Crippen LogP contribution in [0.15, 0.2) is 94.3 Å². The molecule has 0 heterocycles. The van der Waals surface area contributed by atoms with Crippen molar-refractivity contribution >= 4 is 31.9 Å². The highest BCUT2D eigenvalue weighted by Crippen LogP contribution is 2.16. The third kappa shape index (κ3) is 6.01. The second-order valence-corrected chi connectivity index (χ2v) is 9.59. The number of carbonyl (C=O) groups excluding carboxylic acids is 1. The van der Waals surface area contributed by atoms with Crippen molar-refractivity contribution in [2.45, 2.75) is 31.0 Å². The predicted octanol–water partition coefficient (Wildman–Crippen LogP) is 4.34. The van der Waals surface area contributed by atoms with Crippen molar-refractivity contribution in [2.24, 2.45) is 0 Å². The van der Waals surface area contributed by atoms with Gasteiger partial charge in [0, 0.05) is 17.6 Å². The normalized spacial score (nSPS) is 12.3. The van der Waals surface area contributed by atoms with Crippen LogP contribution in [-0.4, -0.2) is 25.3 Å². The van der Waals surface area contributed by atoms with Crippen molar-refractivity contribution < 1.29 is 13.2 Å². The number of rotatable bonds is 8. The molecule has 7 heteroatoms. The van der Waals surface area contributed by atoms with E-state index in [9.17, 15) is 13.2 Å². The molecule has 0 aromatic heterocycles. The van der Waals surface area contributed by atoms with Crippen LogP contribution in [0.25, 0.3) is 0 Å². The molecule has 5 nitrogen and oxygen atoms in total. The highest BCUT2D eigenvalue weighted by Gasteiger charge is 2.26. The lowest BCUT2D eigenvalue weighted by atomic mass is 10.1. The zero-order valence-corrected chi connectivity index (χ0v) is 18.9. The number of benzene rings is 3. The Morgan fingerprint density at radius 1 is 0.867 bits per heavy atom. The number of halogens is 1. The molecule has 0 saturated carbocycles. The van der Waals surface area contributed by atoms with Crippen molar-refractivity contribution in [1.82, 2.24) is 9.62 Å². The molecule has 1 N–H and O–H groups in total. The molecule has 1 amide bonds. The summed E-state index contributed by atoms with van der Waals surface area (Å²) in [5, 5.41) is 0. The zero-order chi connectivity index (χ0) is 21.6. The van der Waals surface area contributed by atoms with E-state index in [1.807, 2.05) is 60.7 Å². The minimum absolute atomic E-state index is 0.114. The van der Waals surface area contributed by atoms with Crippen molar-refractivity contribution in [3.05, 3.63) is 101 Å². The number of sulfonamides is 1. The van der Waals surface area contributed by atoms with Gasteiger partial charge in [0.15, 0.2) is 0 Å². The van der Waals surface area contributed by atoms with Gasteiger partial charge in [-0.25, -0.2) is 8.42 Å². The Morgan fingerprint density at radius 2 is 1.33 bits per heavy atom. The van der Waals surface area contributed by atoms with Gasteiger partial charge in [-0.2, -0.15) is 4.72 Å². The van der Waals surface area contributed by atoms with Gasteiger partial charge in [-0.05, 0) is 42.3 Å². The third-order valence-corrected chi connectivity index (χ3v) is 6.66. The summed E-state index contributed by atoms with van der Waals surface area (Å²) in [5.74, 6) is -0.289. The molecule has 0 aliphatic carbocycles. The summed E-state index contributed by atoms with van der Waals surface area (Å²) < 4.78 is 28.7. The van der Waals surface area contributed by atoms with Crippen LogP contribution < -0.4 is 4.72 Å². The fourth-order valence-corrected chi connectivity index (χ4v) is 4.52. The average molecular weight is 487 g/mol. The molecule has 0 aliphatic rings. The van der Waals surface area contributed by atoms with Gasteiger partial charge in [0.25, 0.3) is 0 Å². The first-order valence-electron chi connectivity index (χ1n) is 9.50. The van der Waals surface area contributed by atoms with Crippen LogP contribution in [0.5, 0.6) is 0 Å². The Hall–Kier alpha value is -2.48. The van der Waals surface area contributed by atoms with E-state index in [0.29, 0.717) is 13.1 Å². The molecule has 3 rings (SSSR count). The van der Waals surface area contributed by atoms with Gasteiger partial charge in [-0.15, -0.1) is 0 Å². The van der Waals surface area contributed by atoms with E-state index >= 15 is 0 Å². The Balaban J connectivity index is 1.79. The molecule has 156 valence electrons. The largest absolute Gasteiger partial charge is 0.333 e. The lowest BCUT2D eigenvalue weighted by Crippen LogP contribution is -2.46. The van der Waals surface area contributed by atoms with Gasteiger partial charge >= 0.3 is 0 Å². The quantitative estimate of drug-likeness (QED) is 0.514. The van der Waals surface area contributed by atoms with Gasteiger partial charge in [0.05, 0.1) is 10.9 Å². The SMILES string of the molecule is CC(NS(=O)(=O)c1ccc(Br)cc1)C(=O)N(Cc1ccccc1)Cc1ccccc1. The molecule has 3 aromatic carbocycles. The number of amides is 1. The number of hydrogen-bond acceptors (Lipinski definition) is 3. The van der Waals surface area contributed by atoms with Crippen LogP contribution in [0.3, 0.4) is 0 Å². The summed E-state index contributed by atoms with van der Waals surface area (Å²) in [6, 6.07) is 24.7. The zero-order valence-electron chi connectivity index (χ0n) is 16.5. The predicted molar refractivity (Wildman–Crippen MR) is 121 cm³/mol. The number of nitrogens with zero attached hydrogens (tertiary/aromatic N) is 1. The smallest absolute Gasteiger partial charge is 0.241 e. The highest BCUT2D eigenvalue weighted by atomic mass is 79.9. The molecular weight excluding hydrogens is 464 g/mol. The van der Waals surface area contributed by atoms with Gasteiger partial charge in [0.1, 0.15) is 0 Å². The molecule has 0 radical (unpaired) electrons. The van der Waals surface area contributed by atoms with E-state index < -0.39 is 16.1 Å². The lowest BCUT2D eigenvalue weighted by molar-refractivity contribution is -0.133. The number of carbonyl (C=O) groups is 1. The molecule has 0 aliphatic heterocycles. The first-order chi connectivity index (χ1) is 14.3. The van der Waals surface area contributed by atoms with Crippen LogP contribution in [0.2, 0.25) is 0 Å². The minimum Gasteiger partial charge on any atom is -0.333 e. The standard InChI is InChI=1S/C23H23BrN2O3S/c1-18(25-30(28,29)22-14-12-21(24)13-15-22)23(27)26(16-19-8-4-2-5-9-19)17-20-10-6-3-7-11-20/h2-15,18,25H,16-17H2,1H3. The Morgan fingerprint density at radius 3 is 1.80 bits per heavy atom. The van der Waals surface area contributed by atoms with E-state index in [-0.39, 0.29) is 10.8 Å². The molecule has 0 spiro atoms. The molecule has 30 heavy (non-hydrogen) atoms. The number of nitrogens with one attached hydrogen (secondary N) is 1. The van der Waals surface area contributed by atoms with Gasteiger partial charge in [-0.1, -0.05) is 76.6 Å². The van der Waals surface area contributed by atoms with Gasteiger partial charge in [0.2, 0.25) is 15.9 Å². The summed E-state index contributed by atoms with van der Waals surface area (Å²) in [4.78, 5) is 15.0. The van der Waals surface area contributed by atoms with E-state index in [2.05, 4.69) is 20.7 Å². The fourth-order valence-electron chi connectivity index (χ4n) is 3.06. The third-order valence-electron chi connectivity index (χ3n) is 4.57. The monoisotopic (exact) mass is 486 g/mol. The topological polar surface area (TPSA) is 66.5 Å². The first kappa shape index (κ1) is 22.2. The van der Waals surface area contributed by atoms with E-state index in [0.717, 1.165) is 15.6 Å².